The average molecular weight is 155 g/mol. The molecule has 0 radical (unpaired) electrons. The van der Waals surface area contributed by atoms with Gasteiger partial charge < -0.3 is 0 Å². The fourth-order valence-electron chi connectivity index (χ4n) is 0.180. The van der Waals surface area contributed by atoms with Crippen molar-refractivity contribution in [2.24, 2.45) is 0 Å². The normalized spacial score (nSPS) is 12.3. The van der Waals surface area contributed by atoms with Gasteiger partial charge in [-0.15, -0.1) is 0 Å². The lowest BCUT2D eigenvalue weighted by atomic mass is 10.5. The molecule has 0 aromatic heterocycles. The van der Waals surface area contributed by atoms with Gasteiger partial charge in [-0.25, -0.2) is 0 Å². The van der Waals surface area contributed by atoms with Gasteiger partial charge in [-0.1, -0.05) is 0 Å². The molecular weight excluding hydrogens is 147 g/mol. The van der Waals surface area contributed by atoms with E-state index in [-0.39, 0.29) is 6.10 Å². The lowest BCUT2D eigenvalue weighted by Crippen LogP contribution is -1.91. The second kappa shape index (κ2) is 3.79. The minimum absolute atomic E-state index is 0.223. The smallest absolute Gasteiger partial charge is 0.156 e. The molecule has 0 aromatic rings. The molecule has 1 atom stereocenters. The minimum Gasteiger partial charge on any atom is -0.156 e. The topological polar surface area (TPSA) is 9.23 Å². The fraction of sp³-hybridized carbons (Fsp3) is 1.00. The van der Waals surface area contributed by atoms with Crippen LogP contribution in [0.15, 0.2) is 0 Å². The molecule has 0 N–H and O–H groups in total. The van der Waals surface area contributed by atoms with Crippen LogP contribution in [0.5, 0.6) is 0 Å². The van der Waals surface area contributed by atoms with Crippen LogP contribution in [-0.4, -0.2) is 6.10 Å². The van der Waals surface area contributed by atoms with Crippen LogP contribution >= 0.6 is 18.4 Å². The molecule has 0 fully saturated rings. The molecule has 0 aliphatic rings. The number of hydrogen-bond acceptors (Lipinski definition) is 2. The summed E-state index contributed by atoms with van der Waals surface area (Å²) in [6.07, 6.45) is -0.639. The molecule has 0 aliphatic carbocycles. The molecule has 0 heterocycles. The summed E-state index contributed by atoms with van der Waals surface area (Å²) in [4.78, 5) is 0. The Hall–Kier alpha value is 0.830. The molecule has 0 rings (SSSR count). The first-order valence-corrected chi connectivity index (χ1v) is 5.38. The zero-order valence-electron chi connectivity index (χ0n) is 4.29. The number of thiol groups is 1. The monoisotopic (exact) mass is 155 g/mol. The van der Waals surface area contributed by atoms with Crippen molar-refractivity contribution < 1.29 is 4.52 Å². The molecule has 7 heavy (non-hydrogen) atoms. The van der Waals surface area contributed by atoms with E-state index in [2.05, 4.69) is 24.1 Å². The third-order valence-corrected chi connectivity index (χ3v) is 1.44. The Bertz CT molecular complexity index is 73.3. The van der Waals surface area contributed by atoms with Crippen molar-refractivity contribution in [3.05, 3.63) is 0 Å². The molecule has 0 saturated carbocycles. The molecule has 1 unspecified atom stereocenters. The van der Waals surface area contributed by atoms with Gasteiger partial charge in [0.25, 0.3) is 0 Å². The Labute approximate surface area is 55.1 Å². The Morgan fingerprint density at radius 2 is 2.14 bits per heavy atom. The summed E-state index contributed by atoms with van der Waals surface area (Å²) in [5.74, 6) is 0. The highest BCUT2D eigenvalue weighted by atomic mass is 32.9. The van der Waals surface area contributed by atoms with E-state index in [1.165, 1.54) is 0 Å². The van der Waals surface area contributed by atoms with Gasteiger partial charge in [-0.05, 0) is 13.8 Å². The molecular formula is C3H8OPS2+. The van der Waals surface area contributed by atoms with Crippen LogP contribution in [0.1, 0.15) is 13.8 Å². The fourth-order valence-corrected chi connectivity index (χ4v) is 1.62. The summed E-state index contributed by atoms with van der Waals surface area (Å²) in [5, 5.41) is 0. The van der Waals surface area contributed by atoms with Gasteiger partial charge >= 0.3 is 6.13 Å². The Balaban J connectivity index is 3.13. The minimum atomic E-state index is -0.862. The highest BCUT2D eigenvalue weighted by molar-refractivity contribution is 8.54. The maximum Gasteiger partial charge on any atom is 0.411 e. The summed E-state index contributed by atoms with van der Waals surface area (Å²) in [5.41, 5.74) is 0. The third kappa shape index (κ3) is 6.83. The van der Waals surface area contributed by atoms with Crippen molar-refractivity contribution in [3.63, 3.8) is 0 Å². The number of rotatable bonds is 2. The van der Waals surface area contributed by atoms with Gasteiger partial charge in [0.05, 0.1) is 0 Å². The Morgan fingerprint density at radius 3 is 2.14 bits per heavy atom. The Morgan fingerprint density at radius 1 is 1.71 bits per heavy atom. The summed E-state index contributed by atoms with van der Waals surface area (Å²) >= 11 is 8.56. The maximum absolute atomic E-state index is 4.99. The summed E-state index contributed by atoms with van der Waals surface area (Å²) in [6, 6.07) is 0. The molecule has 0 aromatic carbocycles. The van der Waals surface area contributed by atoms with Crippen LogP contribution in [0.2, 0.25) is 0 Å². The van der Waals surface area contributed by atoms with E-state index in [4.69, 9.17) is 4.52 Å². The summed E-state index contributed by atoms with van der Waals surface area (Å²) in [7, 11) is 0. The summed E-state index contributed by atoms with van der Waals surface area (Å²) < 4.78 is 4.99. The molecule has 1 nitrogen and oxygen atoms in total. The maximum atomic E-state index is 4.99. The average Bonchev–Trinajstić information content (AvgIpc) is 1.27. The van der Waals surface area contributed by atoms with Crippen LogP contribution in [-0.2, 0) is 16.3 Å². The van der Waals surface area contributed by atoms with Crippen LogP contribution in [0.3, 0.4) is 0 Å². The second-order valence-corrected chi connectivity index (χ2v) is 4.98. The van der Waals surface area contributed by atoms with Gasteiger partial charge in [0.2, 0.25) is 11.8 Å². The largest absolute Gasteiger partial charge is 0.411 e. The van der Waals surface area contributed by atoms with Crippen LogP contribution in [0.4, 0.5) is 0 Å². The van der Waals surface area contributed by atoms with E-state index in [0.717, 1.165) is 0 Å². The Kier molecular flexibility index (Phi) is 4.24. The first kappa shape index (κ1) is 7.83. The third-order valence-electron chi connectivity index (χ3n) is 0.301. The van der Waals surface area contributed by atoms with Gasteiger partial charge in [-0.3, -0.25) is 0 Å². The lowest BCUT2D eigenvalue weighted by molar-refractivity contribution is 0.284. The predicted octanol–water partition coefficient (Wildman–Crippen LogP) is 2.12. The molecule has 0 spiro atoms. The van der Waals surface area contributed by atoms with Crippen molar-refractivity contribution in [2.75, 3.05) is 0 Å². The van der Waals surface area contributed by atoms with E-state index < -0.39 is 6.13 Å². The first-order chi connectivity index (χ1) is 3.13. The zero-order valence-corrected chi connectivity index (χ0v) is 6.89. The quantitative estimate of drug-likeness (QED) is 0.483. The standard InChI is InChI=1S/C3H7OPS2/c1-3(2)4-5(6)7/h3H,1-2H3/p+1. The van der Waals surface area contributed by atoms with E-state index >= 15 is 0 Å². The van der Waals surface area contributed by atoms with Gasteiger partial charge in [0.1, 0.15) is 18.4 Å². The first-order valence-electron chi connectivity index (χ1n) is 1.96. The van der Waals surface area contributed by atoms with Crippen LogP contribution in [0.25, 0.3) is 0 Å². The van der Waals surface area contributed by atoms with Gasteiger partial charge in [-0.2, -0.15) is 4.52 Å². The summed E-state index contributed by atoms with van der Waals surface area (Å²) in [6.45, 7) is 3.88. The van der Waals surface area contributed by atoms with Crippen molar-refractivity contribution >= 4 is 30.2 Å². The lowest BCUT2D eigenvalue weighted by Gasteiger charge is -1.89. The van der Waals surface area contributed by atoms with Crippen molar-refractivity contribution in [3.8, 4) is 0 Å². The van der Waals surface area contributed by atoms with Crippen molar-refractivity contribution in [1.29, 1.82) is 0 Å². The van der Waals surface area contributed by atoms with E-state index in [0.29, 0.717) is 0 Å². The van der Waals surface area contributed by atoms with Crippen LogP contribution in [0, 0.1) is 0 Å². The van der Waals surface area contributed by atoms with Crippen molar-refractivity contribution in [2.45, 2.75) is 20.0 Å². The highest BCUT2D eigenvalue weighted by Crippen LogP contribution is 2.28. The second-order valence-electron chi connectivity index (χ2n) is 1.39. The van der Waals surface area contributed by atoms with E-state index in [1.807, 2.05) is 13.8 Å². The molecule has 4 heteroatoms. The van der Waals surface area contributed by atoms with Crippen molar-refractivity contribution in [1.82, 2.24) is 0 Å². The predicted molar refractivity (Wildman–Crippen MR) is 39.5 cm³/mol. The molecule has 0 aliphatic heterocycles. The highest BCUT2D eigenvalue weighted by Gasteiger charge is 2.05. The van der Waals surface area contributed by atoms with Gasteiger partial charge in [0, 0.05) is 0 Å². The SMILES string of the molecule is CC(C)O[P+](=S)S. The van der Waals surface area contributed by atoms with E-state index in [9.17, 15) is 0 Å². The molecule has 0 saturated heterocycles. The molecule has 0 bridgehead atoms. The van der Waals surface area contributed by atoms with E-state index in [1.54, 1.807) is 0 Å². The van der Waals surface area contributed by atoms with Crippen LogP contribution < -0.4 is 0 Å². The zero-order chi connectivity index (χ0) is 5.86. The number of hydrogen-bond donors (Lipinski definition) is 1. The molecule has 42 valence electrons. The van der Waals surface area contributed by atoms with Gasteiger partial charge in [0.15, 0.2) is 0 Å². The molecule has 0 amide bonds.